The van der Waals surface area contributed by atoms with Gasteiger partial charge in [-0.25, -0.2) is 0 Å². The average Bonchev–Trinajstić information content (AvgIpc) is 2.62. The van der Waals surface area contributed by atoms with Crippen molar-refractivity contribution >= 4 is 17.5 Å². The van der Waals surface area contributed by atoms with Gasteiger partial charge in [-0.05, 0) is 25.1 Å². The van der Waals surface area contributed by atoms with Gasteiger partial charge < -0.3 is 10.5 Å². The summed E-state index contributed by atoms with van der Waals surface area (Å²) in [4.78, 5) is 12.6. The second-order valence-electron chi connectivity index (χ2n) is 3.22. The molecule has 1 aromatic rings. The van der Waals surface area contributed by atoms with Crippen LogP contribution in [0.15, 0.2) is 23.1 Å². The topological polar surface area (TPSA) is 52.3 Å². The van der Waals surface area contributed by atoms with Crippen LogP contribution in [-0.4, -0.2) is 17.8 Å². The molecule has 1 aliphatic rings. The highest BCUT2D eigenvalue weighted by Crippen LogP contribution is 2.36. The average molecular weight is 209 g/mol. The number of ether oxygens (including phenoxy) is 1. The highest BCUT2D eigenvalue weighted by atomic mass is 32.2. The van der Waals surface area contributed by atoms with Crippen molar-refractivity contribution in [2.45, 2.75) is 17.9 Å². The molecule has 0 aliphatic carbocycles. The van der Waals surface area contributed by atoms with E-state index in [-0.39, 0.29) is 5.78 Å². The largest absolute Gasteiger partial charge is 0.481 e. The quantitative estimate of drug-likeness (QED) is 0.753. The van der Waals surface area contributed by atoms with Gasteiger partial charge >= 0.3 is 0 Å². The Balaban J connectivity index is 2.33. The zero-order valence-electron chi connectivity index (χ0n) is 7.82. The van der Waals surface area contributed by atoms with Gasteiger partial charge in [0.15, 0.2) is 5.78 Å². The van der Waals surface area contributed by atoms with Gasteiger partial charge in [-0.2, -0.15) is 0 Å². The molecule has 14 heavy (non-hydrogen) atoms. The monoisotopic (exact) mass is 209 g/mol. The molecule has 1 aliphatic heterocycles. The number of ketones is 1. The number of carbonyl (C=O) groups is 1. The van der Waals surface area contributed by atoms with Crippen molar-refractivity contribution in [3.05, 3.63) is 23.8 Å². The molecule has 1 aromatic carbocycles. The van der Waals surface area contributed by atoms with Gasteiger partial charge in [0.2, 0.25) is 0 Å². The summed E-state index contributed by atoms with van der Waals surface area (Å²) in [6, 6.07) is 5.01. The Kier molecular flexibility index (Phi) is 2.48. The van der Waals surface area contributed by atoms with Crippen LogP contribution < -0.4 is 10.5 Å². The van der Waals surface area contributed by atoms with E-state index in [1.165, 1.54) is 0 Å². The predicted molar refractivity (Wildman–Crippen MR) is 55.8 cm³/mol. The normalized spacial score (nSPS) is 15.9. The molecule has 1 atom stereocenters. The number of thioether (sulfide) groups is 1. The second-order valence-corrected chi connectivity index (χ2v) is 4.19. The van der Waals surface area contributed by atoms with Crippen LogP contribution in [0.3, 0.4) is 0 Å². The Morgan fingerprint density at radius 2 is 2.43 bits per heavy atom. The molecule has 0 amide bonds. The maximum Gasteiger partial charge on any atom is 0.179 e. The molecule has 0 fully saturated rings. The molecule has 0 bridgehead atoms. The number of hydrogen-bond donors (Lipinski definition) is 1. The predicted octanol–water partition coefficient (Wildman–Crippen LogP) is 1.66. The Bertz CT molecular complexity index is 376. The first-order chi connectivity index (χ1) is 6.68. The fourth-order valence-electron chi connectivity index (χ4n) is 1.31. The number of carbonyl (C=O) groups excluding carboxylic acids is 1. The van der Waals surface area contributed by atoms with Crippen molar-refractivity contribution in [3.63, 3.8) is 0 Å². The van der Waals surface area contributed by atoms with Crippen molar-refractivity contribution < 1.29 is 9.53 Å². The highest BCUT2D eigenvalue weighted by molar-refractivity contribution is 7.99. The molecule has 4 heteroatoms. The van der Waals surface area contributed by atoms with Gasteiger partial charge in [0.05, 0.1) is 10.9 Å². The fraction of sp³-hybridized carbons (Fsp3) is 0.300. The van der Waals surface area contributed by atoms with Crippen molar-refractivity contribution in [2.75, 3.05) is 5.94 Å². The summed E-state index contributed by atoms with van der Waals surface area (Å²) in [5, 5.41) is 0. The summed E-state index contributed by atoms with van der Waals surface area (Å²) >= 11 is 1.63. The molecule has 1 unspecified atom stereocenters. The molecule has 0 aromatic heterocycles. The minimum absolute atomic E-state index is 0.0479. The third-order valence-corrected chi connectivity index (χ3v) is 2.95. The lowest BCUT2D eigenvalue weighted by atomic mass is 10.1. The van der Waals surface area contributed by atoms with E-state index in [0.29, 0.717) is 11.5 Å². The van der Waals surface area contributed by atoms with Crippen LogP contribution in [0.4, 0.5) is 0 Å². The minimum Gasteiger partial charge on any atom is -0.481 e. The zero-order chi connectivity index (χ0) is 10.1. The van der Waals surface area contributed by atoms with Gasteiger partial charge in [0.25, 0.3) is 0 Å². The summed E-state index contributed by atoms with van der Waals surface area (Å²) < 4.78 is 5.34. The Labute approximate surface area is 86.6 Å². The third kappa shape index (κ3) is 1.63. The van der Waals surface area contributed by atoms with Crippen molar-refractivity contribution in [2.24, 2.45) is 5.73 Å². The van der Waals surface area contributed by atoms with Crippen LogP contribution in [0.1, 0.15) is 17.3 Å². The van der Waals surface area contributed by atoms with E-state index in [1.807, 2.05) is 6.07 Å². The molecular formula is C10H11NO2S. The van der Waals surface area contributed by atoms with Crippen LogP contribution in [0.25, 0.3) is 0 Å². The van der Waals surface area contributed by atoms with Crippen LogP contribution >= 0.6 is 11.8 Å². The maximum absolute atomic E-state index is 11.6. The van der Waals surface area contributed by atoms with E-state index < -0.39 is 6.04 Å². The number of benzene rings is 1. The molecular weight excluding hydrogens is 198 g/mol. The number of Topliss-reactive ketones (excluding diaryl/α,β-unsaturated/α-hetero) is 1. The van der Waals surface area contributed by atoms with Crippen LogP contribution in [0.2, 0.25) is 0 Å². The molecule has 0 saturated heterocycles. The van der Waals surface area contributed by atoms with E-state index in [9.17, 15) is 4.79 Å². The van der Waals surface area contributed by atoms with Crippen LogP contribution in [0, 0.1) is 0 Å². The van der Waals surface area contributed by atoms with E-state index in [4.69, 9.17) is 10.5 Å². The van der Waals surface area contributed by atoms with E-state index in [2.05, 4.69) is 0 Å². The van der Waals surface area contributed by atoms with Crippen LogP contribution in [0.5, 0.6) is 5.75 Å². The maximum atomic E-state index is 11.6. The Hall–Kier alpha value is -1.000. The summed E-state index contributed by atoms with van der Waals surface area (Å²) in [6.07, 6.45) is 0. The molecule has 0 spiro atoms. The van der Waals surface area contributed by atoms with E-state index in [1.54, 1.807) is 30.8 Å². The number of hydrogen-bond acceptors (Lipinski definition) is 4. The van der Waals surface area contributed by atoms with Crippen LogP contribution in [-0.2, 0) is 0 Å². The second kappa shape index (κ2) is 3.63. The SMILES string of the molecule is CC(N)C(=O)c1ccc2c(c1)OCS2. The minimum atomic E-state index is -0.456. The number of rotatable bonds is 2. The first-order valence-electron chi connectivity index (χ1n) is 4.38. The summed E-state index contributed by atoms with van der Waals surface area (Å²) in [6.45, 7) is 1.69. The van der Waals surface area contributed by atoms with Gasteiger partial charge in [-0.15, -0.1) is 0 Å². The highest BCUT2D eigenvalue weighted by Gasteiger charge is 2.17. The fourth-order valence-corrected chi connectivity index (χ4v) is 2.05. The number of nitrogens with two attached hydrogens (primary N) is 1. The standard InChI is InChI=1S/C10H11NO2S/c1-6(11)10(12)7-2-3-9-8(4-7)13-5-14-9/h2-4,6H,5,11H2,1H3. The summed E-state index contributed by atoms with van der Waals surface area (Å²) in [5.74, 6) is 1.38. The molecule has 0 saturated carbocycles. The lowest BCUT2D eigenvalue weighted by Crippen LogP contribution is -2.26. The Morgan fingerprint density at radius 1 is 1.64 bits per heavy atom. The number of fused-ring (bicyclic) bond motifs is 1. The van der Waals surface area contributed by atoms with Crippen molar-refractivity contribution in [3.8, 4) is 5.75 Å². The van der Waals surface area contributed by atoms with E-state index in [0.717, 1.165) is 10.6 Å². The van der Waals surface area contributed by atoms with Gasteiger partial charge in [0.1, 0.15) is 11.7 Å². The first kappa shape index (κ1) is 9.55. The first-order valence-corrected chi connectivity index (χ1v) is 5.36. The third-order valence-electron chi connectivity index (χ3n) is 2.07. The zero-order valence-corrected chi connectivity index (χ0v) is 8.64. The smallest absolute Gasteiger partial charge is 0.179 e. The van der Waals surface area contributed by atoms with Gasteiger partial charge in [-0.3, -0.25) is 4.79 Å². The molecule has 1 heterocycles. The molecule has 2 rings (SSSR count). The lowest BCUT2D eigenvalue weighted by Gasteiger charge is -2.05. The molecule has 3 nitrogen and oxygen atoms in total. The molecule has 0 radical (unpaired) electrons. The van der Waals surface area contributed by atoms with E-state index >= 15 is 0 Å². The summed E-state index contributed by atoms with van der Waals surface area (Å²) in [7, 11) is 0. The molecule has 74 valence electrons. The van der Waals surface area contributed by atoms with Gasteiger partial charge in [-0.1, -0.05) is 11.8 Å². The van der Waals surface area contributed by atoms with Crippen molar-refractivity contribution in [1.82, 2.24) is 0 Å². The van der Waals surface area contributed by atoms with Crippen molar-refractivity contribution in [1.29, 1.82) is 0 Å². The summed E-state index contributed by atoms with van der Waals surface area (Å²) in [5.41, 5.74) is 6.14. The Morgan fingerprint density at radius 3 is 3.14 bits per heavy atom. The lowest BCUT2D eigenvalue weighted by molar-refractivity contribution is 0.0967. The van der Waals surface area contributed by atoms with Gasteiger partial charge in [0, 0.05) is 5.56 Å². The molecule has 2 N–H and O–H groups in total.